The van der Waals surface area contributed by atoms with E-state index in [1.54, 1.807) is 29.2 Å². The van der Waals surface area contributed by atoms with Gasteiger partial charge in [0.05, 0.1) is 5.92 Å². The summed E-state index contributed by atoms with van der Waals surface area (Å²) in [6.45, 7) is 4.95. The van der Waals surface area contributed by atoms with Crippen molar-refractivity contribution in [3.63, 3.8) is 0 Å². The van der Waals surface area contributed by atoms with E-state index in [1.807, 2.05) is 0 Å². The van der Waals surface area contributed by atoms with E-state index in [1.165, 1.54) is 23.1 Å². The number of fused-ring (bicyclic) bond motifs is 1. The molecule has 4 rings (SSSR count). The van der Waals surface area contributed by atoms with Gasteiger partial charge in [0.15, 0.2) is 15.8 Å². The zero-order valence-electron chi connectivity index (χ0n) is 14.9. The monoisotopic (exact) mass is 418 g/mol. The van der Waals surface area contributed by atoms with Crippen molar-refractivity contribution in [2.75, 3.05) is 35.7 Å². The van der Waals surface area contributed by atoms with Crippen LogP contribution in [0.1, 0.15) is 6.42 Å². The Morgan fingerprint density at radius 3 is 3.00 bits per heavy atom. The van der Waals surface area contributed by atoms with Crippen LogP contribution in [0.4, 0.5) is 10.8 Å². The summed E-state index contributed by atoms with van der Waals surface area (Å²) in [5.41, 5.74) is 0.698. The molecule has 8 nitrogen and oxygen atoms in total. The van der Waals surface area contributed by atoms with Gasteiger partial charge in [0.1, 0.15) is 13.2 Å². The second kappa shape index (κ2) is 8.19. The lowest BCUT2D eigenvalue weighted by Crippen LogP contribution is -2.28. The van der Waals surface area contributed by atoms with Crippen LogP contribution in [0.5, 0.6) is 11.5 Å². The van der Waals surface area contributed by atoms with Gasteiger partial charge in [-0.05, 0) is 12.1 Å². The van der Waals surface area contributed by atoms with Gasteiger partial charge in [0.25, 0.3) is 0 Å². The van der Waals surface area contributed by atoms with E-state index < -0.39 is 5.92 Å². The number of carbonyl (C=O) groups is 2. The normalized spacial score (nSPS) is 18.2. The quantitative estimate of drug-likeness (QED) is 0.438. The minimum atomic E-state index is -0.450. The Bertz CT molecular complexity index is 917. The lowest BCUT2D eigenvalue weighted by molar-refractivity contribution is -0.122. The second-order valence-electron chi connectivity index (χ2n) is 6.20. The van der Waals surface area contributed by atoms with Gasteiger partial charge in [-0.25, -0.2) is 0 Å². The Labute approximate surface area is 169 Å². The van der Waals surface area contributed by atoms with Crippen LogP contribution >= 0.6 is 23.1 Å². The molecule has 2 amide bonds. The SMILES string of the molecule is C=CCSc1nnc(NC(=O)[C@H]2CC(=O)N(c3ccc4c(c3)OCCO4)C2)s1. The highest BCUT2D eigenvalue weighted by Crippen LogP contribution is 2.36. The maximum Gasteiger partial charge on any atom is 0.231 e. The number of amides is 2. The van der Waals surface area contributed by atoms with E-state index >= 15 is 0 Å². The highest BCUT2D eigenvalue weighted by atomic mass is 32.2. The lowest BCUT2D eigenvalue weighted by atomic mass is 10.1. The average molecular weight is 419 g/mol. The van der Waals surface area contributed by atoms with Crippen molar-refractivity contribution < 1.29 is 19.1 Å². The van der Waals surface area contributed by atoms with E-state index in [0.717, 1.165) is 10.1 Å². The van der Waals surface area contributed by atoms with E-state index in [-0.39, 0.29) is 18.2 Å². The topological polar surface area (TPSA) is 93.7 Å². The number of ether oxygens (including phenoxy) is 2. The third-order valence-electron chi connectivity index (χ3n) is 4.29. The molecule has 28 heavy (non-hydrogen) atoms. The first-order valence-electron chi connectivity index (χ1n) is 8.72. The number of hydrogen-bond donors (Lipinski definition) is 1. The van der Waals surface area contributed by atoms with Gasteiger partial charge in [-0.1, -0.05) is 29.2 Å². The van der Waals surface area contributed by atoms with Gasteiger partial charge in [0, 0.05) is 30.5 Å². The zero-order valence-corrected chi connectivity index (χ0v) is 16.6. The van der Waals surface area contributed by atoms with Gasteiger partial charge < -0.3 is 19.7 Å². The van der Waals surface area contributed by atoms with Crippen molar-refractivity contribution in [1.29, 1.82) is 0 Å². The summed E-state index contributed by atoms with van der Waals surface area (Å²) in [5, 5.41) is 11.2. The number of thioether (sulfide) groups is 1. The molecule has 2 aliphatic heterocycles. The zero-order chi connectivity index (χ0) is 19.5. The van der Waals surface area contributed by atoms with Crippen LogP contribution in [0.2, 0.25) is 0 Å². The molecule has 1 atom stereocenters. The predicted octanol–water partition coefficient (Wildman–Crippen LogP) is 2.58. The Balaban J connectivity index is 1.40. The third kappa shape index (κ3) is 3.97. The summed E-state index contributed by atoms with van der Waals surface area (Å²) >= 11 is 2.81. The summed E-state index contributed by atoms with van der Waals surface area (Å²) in [6.07, 6.45) is 1.93. The van der Waals surface area contributed by atoms with Crippen LogP contribution in [0, 0.1) is 5.92 Å². The first kappa shape index (κ1) is 18.8. The maximum absolute atomic E-state index is 12.6. The molecule has 0 bridgehead atoms. The Hall–Kier alpha value is -2.59. The van der Waals surface area contributed by atoms with Crippen LogP contribution in [0.15, 0.2) is 35.2 Å². The van der Waals surface area contributed by atoms with E-state index in [9.17, 15) is 9.59 Å². The number of hydrogen-bond acceptors (Lipinski definition) is 8. The Morgan fingerprint density at radius 2 is 2.18 bits per heavy atom. The summed E-state index contributed by atoms with van der Waals surface area (Å²) in [5.74, 6) is 1.22. The fourth-order valence-corrected chi connectivity index (χ4v) is 4.50. The second-order valence-corrected chi connectivity index (χ2v) is 8.44. The van der Waals surface area contributed by atoms with Crippen LogP contribution in [-0.2, 0) is 9.59 Å². The molecule has 0 unspecified atom stereocenters. The number of anilines is 2. The van der Waals surface area contributed by atoms with Gasteiger partial charge in [-0.15, -0.1) is 16.8 Å². The molecular weight excluding hydrogens is 400 g/mol. The van der Waals surface area contributed by atoms with Gasteiger partial charge in [0.2, 0.25) is 16.9 Å². The molecule has 1 N–H and O–H groups in total. The Kier molecular flexibility index (Phi) is 5.49. The summed E-state index contributed by atoms with van der Waals surface area (Å²) in [4.78, 5) is 26.6. The molecule has 0 saturated carbocycles. The molecule has 1 aromatic carbocycles. The van der Waals surface area contributed by atoms with Crippen molar-refractivity contribution in [2.45, 2.75) is 10.8 Å². The molecular formula is C18H18N4O4S2. The fourth-order valence-electron chi connectivity index (χ4n) is 2.99. The molecule has 1 fully saturated rings. The number of nitrogens with one attached hydrogen (secondary N) is 1. The van der Waals surface area contributed by atoms with Crippen molar-refractivity contribution >= 4 is 45.7 Å². The van der Waals surface area contributed by atoms with Crippen LogP contribution < -0.4 is 19.7 Å². The number of carbonyl (C=O) groups excluding carboxylic acids is 2. The number of aromatic nitrogens is 2. The highest BCUT2D eigenvalue weighted by molar-refractivity contribution is 8.01. The first-order valence-corrected chi connectivity index (χ1v) is 10.5. The highest BCUT2D eigenvalue weighted by Gasteiger charge is 2.36. The summed E-state index contributed by atoms with van der Waals surface area (Å²) < 4.78 is 11.8. The van der Waals surface area contributed by atoms with Gasteiger partial charge in [-0.3, -0.25) is 9.59 Å². The smallest absolute Gasteiger partial charge is 0.231 e. The molecule has 3 heterocycles. The molecule has 146 valence electrons. The maximum atomic E-state index is 12.6. The third-order valence-corrected chi connectivity index (χ3v) is 6.26. The van der Waals surface area contributed by atoms with Crippen molar-refractivity contribution in [1.82, 2.24) is 10.2 Å². The standard InChI is InChI=1S/C18H18N4O4S2/c1-2-7-27-18-21-20-17(28-18)19-16(24)11-8-15(23)22(10-11)12-3-4-13-14(9-12)26-6-5-25-13/h2-4,9,11H,1,5-8,10H2,(H,19,20,24)/t11-/m0/s1. The lowest BCUT2D eigenvalue weighted by Gasteiger charge is -2.22. The van der Waals surface area contributed by atoms with E-state index in [4.69, 9.17) is 9.47 Å². The van der Waals surface area contributed by atoms with Crippen molar-refractivity contribution in [3.8, 4) is 11.5 Å². The first-order chi connectivity index (χ1) is 13.6. The van der Waals surface area contributed by atoms with Crippen LogP contribution in [0.25, 0.3) is 0 Å². The minimum Gasteiger partial charge on any atom is -0.486 e. The van der Waals surface area contributed by atoms with Crippen LogP contribution in [0.3, 0.4) is 0 Å². The van der Waals surface area contributed by atoms with E-state index in [2.05, 4.69) is 22.1 Å². The average Bonchev–Trinajstić information content (AvgIpc) is 3.32. The number of rotatable bonds is 6. The molecule has 1 saturated heterocycles. The fraction of sp³-hybridized carbons (Fsp3) is 0.333. The van der Waals surface area contributed by atoms with Crippen LogP contribution in [-0.4, -0.2) is 47.5 Å². The number of nitrogens with zero attached hydrogens (tertiary/aromatic N) is 3. The Morgan fingerprint density at radius 1 is 1.36 bits per heavy atom. The summed E-state index contributed by atoms with van der Waals surface area (Å²) in [7, 11) is 0. The molecule has 0 radical (unpaired) electrons. The molecule has 2 aliphatic rings. The predicted molar refractivity (Wildman–Crippen MR) is 107 cm³/mol. The minimum absolute atomic E-state index is 0.101. The molecule has 10 heteroatoms. The molecule has 0 spiro atoms. The summed E-state index contributed by atoms with van der Waals surface area (Å²) in [6, 6.07) is 5.37. The number of benzene rings is 1. The van der Waals surface area contributed by atoms with E-state index in [0.29, 0.717) is 42.1 Å². The molecule has 2 aromatic rings. The van der Waals surface area contributed by atoms with Crippen molar-refractivity contribution in [3.05, 3.63) is 30.9 Å². The molecule has 1 aromatic heterocycles. The van der Waals surface area contributed by atoms with Gasteiger partial charge >= 0.3 is 0 Å². The molecule has 0 aliphatic carbocycles. The largest absolute Gasteiger partial charge is 0.486 e. The van der Waals surface area contributed by atoms with Gasteiger partial charge in [-0.2, -0.15) is 0 Å². The van der Waals surface area contributed by atoms with Crippen molar-refractivity contribution in [2.24, 2.45) is 5.92 Å².